The van der Waals surface area contributed by atoms with Crippen molar-refractivity contribution in [1.29, 1.82) is 0 Å². The van der Waals surface area contributed by atoms with Gasteiger partial charge >= 0.3 is 6.72 Å². The molecule has 2 aliphatic rings. The topological polar surface area (TPSA) is 86.0 Å². The summed E-state index contributed by atoms with van der Waals surface area (Å²) in [6.45, 7) is -3.27. The van der Waals surface area contributed by atoms with E-state index in [1.807, 2.05) is 0 Å². The largest absolute Gasteiger partial charge is 0.386 e. The van der Waals surface area contributed by atoms with Gasteiger partial charge in [-0.15, -0.1) is 0 Å². The van der Waals surface area contributed by atoms with Gasteiger partial charge in [-0.05, 0) is 23.9 Å². The summed E-state index contributed by atoms with van der Waals surface area (Å²) in [5, 5.41) is 11.3. The number of nitrogens with zero attached hydrogens (tertiary/aromatic N) is 2. The molecule has 4 rings (SSSR count). The number of hydrogen-bond donors (Lipinski definition) is 2. The normalized spacial score (nSPS) is 37.2. The van der Waals surface area contributed by atoms with E-state index in [9.17, 15) is 10.00 Å². The summed E-state index contributed by atoms with van der Waals surface area (Å²) in [4.78, 5) is 14.0. The van der Waals surface area contributed by atoms with Gasteiger partial charge in [0.15, 0.2) is 6.23 Å². The van der Waals surface area contributed by atoms with Crippen LogP contribution in [0.5, 0.6) is 0 Å². The molecule has 0 spiro atoms. The van der Waals surface area contributed by atoms with Crippen molar-refractivity contribution in [3.63, 3.8) is 0 Å². The fraction of sp³-hybridized carbons (Fsp3) is 0.417. The Morgan fingerprint density at radius 3 is 2.87 bits per heavy atom. The lowest BCUT2D eigenvalue weighted by molar-refractivity contribution is -0.0591. The number of ether oxygens (including phenoxy) is 1. The molecule has 2 saturated heterocycles. The highest BCUT2D eigenvalue weighted by molar-refractivity contribution is 8.07. The van der Waals surface area contributed by atoms with E-state index < -0.39 is 31.3 Å². The molecule has 2 aromatic rings. The van der Waals surface area contributed by atoms with Crippen LogP contribution in [0.1, 0.15) is 6.23 Å². The van der Waals surface area contributed by atoms with Gasteiger partial charge in [0.05, 0.1) is 34.0 Å². The van der Waals surface area contributed by atoms with E-state index in [2.05, 4.69) is 4.98 Å². The lowest BCUT2D eigenvalue weighted by Crippen LogP contribution is -2.39. The van der Waals surface area contributed by atoms with Crippen LogP contribution < -0.4 is 0 Å². The molecule has 0 amide bonds. The molecule has 1 aromatic heterocycles. The fourth-order valence-corrected chi connectivity index (χ4v) is 4.55. The maximum atomic E-state index is 10.5. The van der Waals surface area contributed by atoms with Crippen molar-refractivity contribution in [2.75, 3.05) is 6.61 Å². The highest BCUT2D eigenvalue weighted by Gasteiger charge is 2.51. The Labute approximate surface area is 145 Å². The summed E-state index contributed by atoms with van der Waals surface area (Å²) in [6, 6.07) is 3.29. The Morgan fingerprint density at radius 2 is 2.09 bits per heavy atom. The molecule has 23 heavy (non-hydrogen) atoms. The standard InChI is InChI=1S/C12H11Cl2N2O5PS/c13-5-1-7-8(2-6(5)14)16(4-15-7)12-10(17)11-9(20-12)3-19-22(18,23)21-11/h1-2,4,9-12,17H,3H2,(H,18,23)/t9?,10-,11?,12-,22?/m1/s1. The van der Waals surface area contributed by atoms with Crippen molar-refractivity contribution in [2.24, 2.45) is 0 Å². The molecule has 0 bridgehead atoms. The lowest BCUT2D eigenvalue weighted by atomic mass is 10.1. The average Bonchev–Trinajstić information content (AvgIpc) is 3.01. The average molecular weight is 397 g/mol. The number of aliphatic hydroxyl groups is 1. The Kier molecular flexibility index (Phi) is 3.96. The van der Waals surface area contributed by atoms with Gasteiger partial charge in [0.25, 0.3) is 0 Å². The molecular formula is C12H11Cl2N2O5PS. The molecule has 0 saturated carbocycles. The van der Waals surface area contributed by atoms with Crippen LogP contribution in [0.2, 0.25) is 10.0 Å². The molecule has 2 N–H and O–H groups in total. The van der Waals surface area contributed by atoms with Gasteiger partial charge in [-0.3, -0.25) is 4.52 Å². The van der Waals surface area contributed by atoms with Crippen LogP contribution in [0.3, 0.4) is 0 Å². The van der Waals surface area contributed by atoms with Gasteiger partial charge in [0, 0.05) is 0 Å². The zero-order chi connectivity index (χ0) is 16.4. The Balaban J connectivity index is 1.72. The van der Waals surface area contributed by atoms with Crippen molar-refractivity contribution < 1.29 is 23.8 Å². The number of aromatic nitrogens is 2. The van der Waals surface area contributed by atoms with E-state index in [-0.39, 0.29) is 6.61 Å². The molecule has 3 heterocycles. The zero-order valence-electron chi connectivity index (χ0n) is 11.4. The van der Waals surface area contributed by atoms with Crippen LogP contribution in [0, 0.1) is 0 Å². The molecule has 11 heteroatoms. The van der Waals surface area contributed by atoms with E-state index in [0.29, 0.717) is 21.1 Å². The molecular weight excluding hydrogens is 386 g/mol. The number of benzene rings is 1. The third kappa shape index (κ3) is 2.72. The first-order chi connectivity index (χ1) is 10.9. The van der Waals surface area contributed by atoms with Gasteiger partial charge in [0.2, 0.25) is 0 Å². The van der Waals surface area contributed by atoms with Crippen LogP contribution in [0.4, 0.5) is 0 Å². The number of fused-ring (bicyclic) bond motifs is 2. The molecule has 124 valence electrons. The Morgan fingerprint density at radius 1 is 1.35 bits per heavy atom. The van der Waals surface area contributed by atoms with Gasteiger partial charge in [-0.2, -0.15) is 0 Å². The predicted octanol–water partition coefficient (Wildman–Crippen LogP) is 2.23. The monoisotopic (exact) mass is 396 g/mol. The van der Waals surface area contributed by atoms with Crippen LogP contribution in [-0.4, -0.2) is 44.5 Å². The minimum Gasteiger partial charge on any atom is -0.386 e. The second-order valence-electron chi connectivity index (χ2n) is 5.30. The zero-order valence-corrected chi connectivity index (χ0v) is 14.6. The highest BCUT2D eigenvalue weighted by atomic mass is 35.5. The van der Waals surface area contributed by atoms with Crippen molar-refractivity contribution in [2.45, 2.75) is 24.5 Å². The molecule has 0 aliphatic carbocycles. The number of aliphatic hydroxyl groups excluding tert-OH is 1. The highest BCUT2D eigenvalue weighted by Crippen LogP contribution is 2.53. The molecule has 3 unspecified atom stereocenters. The quantitative estimate of drug-likeness (QED) is 0.714. The van der Waals surface area contributed by atoms with E-state index in [1.165, 1.54) is 6.33 Å². The first-order valence-electron chi connectivity index (χ1n) is 6.66. The van der Waals surface area contributed by atoms with Gasteiger partial charge in [-0.25, -0.2) is 4.98 Å². The first kappa shape index (κ1) is 16.2. The second kappa shape index (κ2) is 5.62. The maximum Gasteiger partial charge on any atom is 0.325 e. The molecule has 7 nitrogen and oxygen atoms in total. The molecule has 2 fully saturated rings. The maximum absolute atomic E-state index is 10.5. The predicted molar refractivity (Wildman–Crippen MR) is 87.0 cm³/mol. The smallest absolute Gasteiger partial charge is 0.325 e. The number of hydrogen-bond acceptors (Lipinski definition) is 6. The van der Waals surface area contributed by atoms with E-state index in [4.69, 9.17) is 48.8 Å². The van der Waals surface area contributed by atoms with E-state index >= 15 is 0 Å². The summed E-state index contributed by atoms with van der Waals surface area (Å²) < 4.78 is 17.8. The molecule has 2 aliphatic heterocycles. The lowest BCUT2D eigenvalue weighted by Gasteiger charge is -2.30. The minimum atomic E-state index is -3.33. The first-order valence-corrected chi connectivity index (χ1v) is 10.0. The number of imidazole rings is 1. The molecule has 1 aromatic carbocycles. The van der Waals surface area contributed by atoms with Gasteiger partial charge in [0.1, 0.15) is 18.3 Å². The second-order valence-corrected chi connectivity index (χ2v) is 8.90. The van der Waals surface area contributed by atoms with Crippen molar-refractivity contribution >= 4 is 52.8 Å². The Bertz CT molecular complexity index is 833. The number of rotatable bonds is 1. The van der Waals surface area contributed by atoms with Gasteiger partial charge < -0.3 is 23.8 Å². The third-order valence-corrected chi connectivity index (χ3v) is 6.14. The van der Waals surface area contributed by atoms with Crippen LogP contribution in [0.25, 0.3) is 11.0 Å². The van der Waals surface area contributed by atoms with Crippen molar-refractivity contribution in [3.8, 4) is 0 Å². The Hall–Kier alpha value is -0.280. The van der Waals surface area contributed by atoms with Crippen LogP contribution in [0.15, 0.2) is 18.5 Å². The summed E-state index contributed by atoms with van der Waals surface area (Å²) in [7, 11) is 0. The molecule has 0 radical (unpaired) electrons. The third-order valence-electron chi connectivity index (χ3n) is 3.86. The summed E-state index contributed by atoms with van der Waals surface area (Å²) in [6.07, 6.45) is -1.56. The summed E-state index contributed by atoms with van der Waals surface area (Å²) >= 11 is 16.9. The summed E-state index contributed by atoms with van der Waals surface area (Å²) in [5.41, 5.74) is 1.28. The minimum absolute atomic E-state index is 0.0607. The van der Waals surface area contributed by atoms with Crippen molar-refractivity contribution in [3.05, 3.63) is 28.5 Å². The number of halogens is 2. The van der Waals surface area contributed by atoms with Crippen LogP contribution >= 0.6 is 29.9 Å². The molecule has 5 atom stereocenters. The SMILES string of the molecule is O[C@@H]1C2OP(O)(=S)OCC2O[C@H]1n1cnc2cc(Cl)c(Cl)cc21. The van der Waals surface area contributed by atoms with E-state index in [0.717, 1.165) is 0 Å². The van der Waals surface area contributed by atoms with Gasteiger partial charge in [-0.1, -0.05) is 23.2 Å². The van der Waals surface area contributed by atoms with Crippen LogP contribution in [-0.2, 0) is 25.6 Å². The van der Waals surface area contributed by atoms with E-state index in [1.54, 1.807) is 16.7 Å². The fourth-order valence-electron chi connectivity index (χ4n) is 2.79. The summed E-state index contributed by atoms with van der Waals surface area (Å²) in [5.74, 6) is 0. The van der Waals surface area contributed by atoms with Crippen molar-refractivity contribution in [1.82, 2.24) is 9.55 Å².